The highest BCUT2D eigenvalue weighted by atomic mass is 16.3. The van der Waals surface area contributed by atoms with Gasteiger partial charge < -0.3 is 25.5 Å². The van der Waals surface area contributed by atoms with E-state index in [-0.39, 0.29) is 34.2 Å². The molecule has 152 valence electrons. The van der Waals surface area contributed by atoms with E-state index in [2.05, 4.69) is 20.8 Å². The maximum Gasteiger partial charge on any atom is 0.157 e. The number of phenolic OH excluding ortho intramolecular Hbond substituents is 5. The fraction of sp³-hybridized carbons (Fsp3) is 0.250. The summed E-state index contributed by atoms with van der Waals surface area (Å²) in [6, 6.07) is 13.1. The van der Waals surface area contributed by atoms with E-state index in [9.17, 15) is 25.5 Å². The largest absolute Gasteiger partial charge is 0.507 e. The Bertz CT molecular complexity index is 973. The first-order chi connectivity index (χ1) is 13.5. The van der Waals surface area contributed by atoms with Crippen LogP contribution in [0.3, 0.4) is 0 Å². The van der Waals surface area contributed by atoms with Crippen LogP contribution in [0.25, 0.3) is 0 Å². The number of benzene rings is 3. The van der Waals surface area contributed by atoms with E-state index in [1.54, 1.807) is 12.1 Å². The summed E-state index contributed by atoms with van der Waals surface area (Å²) in [7, 11) is 0. The molecule has 0 amide bonds. The summed E-state index contributed by atoms with van der Waals surface area (Å²) in [6.07, 6.45) is 0.773. The zero-order valence-electron chi connectivity index (χ0n) is 16.8. The molecule has 3 rings (SSSR count). The smallest absolute Gasteiger partial charge is 0.157 e. The molecular weight excluding hydrogens is 368 g/mol. The Kier molecular flexibility index (Phi) is 5.33. The van der Waals surface area contributed by atoms with E-state index in [0.29, 0.717) is 24.0 Å². The van der Waals surface area contributed by atoms with Crippen molar-refractivity contribution in [3.8, 4) is 28.7 Å². The molecule has 0 aliphatic carbocycles. The van der Waals surface area contributed by atoms with Gasteiger partial charge in [0.05, 0.1) is 0 Å². The molecule has 0 radical (unpaired) electrons. The fourth-order valence-corrected chi connectivity index (χ4v) is 3.26. The van der Waals surface area contributed by atoms with Gasteiger partial charge in [0.1, 0.15) is 5.75 Å². The molecule has 5 nitrogen and oxygen atoms in total. The number of rotatable bonds is 4. The van der Waals surface area contributed by atoms with Gasteiger partial charge in [0.15, 0.2) is 23.0 Å². The Balaban J connectivity index is 2.04. The summed E-state index contributed by atoms with van der Waals surface area (Å²) < 4.78 is 0. The van der Waals surface area contributed by atoms with E-state index in [1.165, 1.54) is 24.3 Å². The van der Waals surface area contributed by atoms with Gasteiger partial charge in [-0.2, -0.15) is 0 Å². The second kappa shape index (κ2) is 7.59. The third-order valence-corrected chi connectivity index (χ3v) is 5.00. The summed E-state index contributed by atoms with van der Waals surface area (Å²) in [5, 5.41) is 49.5. The minimum atomic E-state index is -0.200. The first kappa shape index (κ1) is 20.4. The highest BCUT2D eigenvalue weighted by Gasteiger charge is 2.19. The Morgan fingerprint density at radius 3 is 1.34 bits per heavy atom. The van der Waals surface area contributed by atoms with Crippen LogP contribution in [0.1, 0.15) is 48.6 Å². The maximum atomic E-state index is 10.9. The van der Waals surface area contributed by atoms with Gasteiger partial charge in [-0.15, -0.1) is 0 Å². The van der Waals surface area contributed by atoms with E-state index >= 15 is 0 Å². The molecule has 0 fully saturated rings. The average Bonchev–Trinajstić information content (AvgIpc) is 2.63. The number of aromatic hydroxyl groups is 5. The van der Waals surface area contributed by atoms with Gasteiger partial charge in [0.25, 0.3) is 0 Å². The average molecular weight is 394 g/mol. The van der Waals surface area contributed by atoms with Crippen molar-refractivity contribution in [1.82, 2.24) is 0 Å². The lowest BCUT2D eigenvalue weighted by atomic mass is 9.83. The standard InChI is InChI=1S/C24H26O5/c1-24(2,3)18-12-16(8-14-4-6-19(25)21(27)10-14)23(29)17(13-18)9-15-5-7-20(26)22(28)11-15/h4-7,10-13,25-29H,8-9H2,1-3H3. The van der Waals surface area contributed by atoms with Crippen molar-refractivity contribution in [2.24, 2.45) is 0 Å². The van der Waals surface area contributed by atoms with Gasteiger partial charge in [-0.3, -0.25) is 0 Å². The molecule has 5 N–H and O–H groups in total. The molecule has 3 aromatic rings. The summed E-state index contributed by atoms with van der Waals surface area (Å²) in [5.74, 6) is -0.621. The van der Waals surface area contributed by atoms with Crippen molar-refractivity contribution in [2.75, 3.05) is 0 Å². The van der Waals surface area contributed by atoms with Crippen LogP contribution in [0.5, 0.6) is 28.7 Å². The van der Waals surface area contributed by atoms with E-state index < -0.39 is 0 Å². The highest BCUT2D eigenvalue weighted by molar-refractivity contribution is 5.51. The van der Waals surface area contributed by atoms with Crippen molar-refractivity contribution < 1.29 is 25.5 Å². The Labute approximate surface area is 170 Å². The molecule has 0 unspecified atom stereocenters. The van der Waals surface area contributed by atoms with Gasteiger partial charge in [-0.25, -0.2) is 0 Å². The summed E-state index contributed by atoms with van der Waals surface area (Å²) in [6.45, 7) is 6.27. The van der Waals surface area contributed by atoms with Gasteiger partial charge in [-0.05, 0) is 57.5 Å². The third-order valence-electron chi connectivity index (χ3n) is 5.00. The normalized spacial score (nSPS) is 11.6. The zero-order chi connectivity index (χ0) is 21.3. The molecule has 0 aliphatic rings. The lowest BCUT2D eigenvalue weighted by Crippen LogP contribution is -2.12. The topological polar surface area (TPSA) is 101 Å². The van der Waals surface area contributed by atoms with Gasteiger partial charge >= 0.3 is 0 Å². The maximum absolute atomic E-state index is 10.9. The molecule has 5 heteroatoms. The van der Waals surface area contributed by atoms with Gasteiger partial charge in [0, 0.05) is 12.8 Å². The summed E-state index contributed by atoms with van der Waals surface area (Å²) in [4.78, 5) is 0. The number of phenols is 5. The van der Waals surface area contributed by atoms with Crippen LogP contribution >= 0.6 is 0 Å². The van der Waals surface area contributed by atoms with E-state index in [0.717, 1.165) is 16.7 Å². The van der Waals surface area contributed by atoms with Crippen LogP contribution in [0, 0.1) is 0 Å². The number of hydrogen-bond acceptors (Lipinski definition) is 5. The Morgan fingerprint density at radius 2 is 1.00 bits per heavy atom. The quantitative estimate of drug-likeness (QED) is 0.413. The second-order valence-corrected chi connectivity index (χ2v) is 8.39. The van der Waals surface area contributed by atoms with Crippen LogP contribution in [-0.4, -0.2) is 25.5 Å². The van der Waals surface area contributed by atoms with Crippen molar-refractivity contribution in [2.45, 2.75) is 39.0 Å². The molecule has 3 aromatic carbocycles. The van der Waals surface area contributed by atoms with Crippen LogP contribution in [0.2, 0.25) is 0 Å². The monoisotopic (exact) mass is 394 g/mol. The molecule has 0 spiro atoms. The predicted molar refractivity (Wildman–Crippen MR) is 112 cm³/mol. The molecule has 29 heavy (non-hydrogen) atoms. The zero-order valence-corrected chi connectivity index (χ0v) is 16.8. The first-order valence-corrected chi connectivity index (χ1v) is 9.41. The molecule has 0 saturated heterocycles. The molecular formula is C24H26O5. The van der Waals surface area contributed by atoms with Crippen LogP contribution < -0.4 is 0 Å². The van der Waals surface area contributed by atoms with E-state index in [1.807, 2.05) is 12.1 Å². The first-order valence-electron chi connectivity index (χ1n) is 9.41. The third kappa shape index (κ3) is 4.57. The molecule has 0 saturated carbocycles. The molecule has 0 atom stereocenters. The number of hydrogen-bond donors (Lipinski definition) is 5. The van der Waals surface area contributed by atoms with Crippen molar-refractivity contribution in [1.29, 1.82) is 0 Å². The van der Waals surface area contributed by atoms with Crippen LogP contribution in [0.15, 0.2) is 48.5 Å². The predicted octanol–water partition coefficient (Wildman–Crippen LogP) is 4.69. The molecule has 0 bridgehead atoms. The van der Waals surface area contributed by atoms with Crippen molar-refractivity contribution >= 4 is 0 Å². The van der Waals surface area contributed by atoms with Crippen molar-refractivity contribution in [3.63, 3.8) is 0 Å². The summed E-state index contributed by atoms with van der Waals surface area (Å²) >= 11 is 0. The lowest BCUT2D eigenvalue weighted by Gasteiger charge is -2.23. The lowest BCUT2D eigenvalue weighted by molar-refractivity contribution is 0.403. The highest BCUT2D eigenvalue weighted by Crippen LogP contribution is 2.35. The second-order valence-electron chi connectivity index (χ2n) is 8.39. The minimum Gasteiger partial charge on any atom is -0.507 e. The molecule has 0 heterocycles. The summed E-state index contributed by atoms with van der Waals surface area (Å²) in [5.41, 5.74) is 3.84. The SMILES string of the molecule is CC(C)(C)c1cc(Cc2ccc(O)c(O)c2)c(O)c(Cc2ccc(O)c(O)c2)c1. The Morgan fingerprint density at radius 1 is 0.586 bits per heavy atom. The minimum absolute atomic E-state index is 0.147. The van der Waals surface area contributed by atoms with Gasteiger partial charge in [-0.1, -0.05) is 45.0 Å². The fourth-order valence-electron chi connectivity index (χ4n) is 3.26. The van der Waals surface area contributed by atoms with Crippen molar-refractivity contribution in [3.05, 3.63) is 76.3 Å². The Hall–Kier alpha value is -3.34. The van der Waals surface area contributed by atoms with E-state index in [4.69, 9.17) is 0 Å². The van der Waals surface area contributed by atoms with Crippen LogP contribution in [-0.2, 0) is 18.3 Å². The van der Waals surface area contributed by atoms with Gasteiger partial charge in [0.2, 0.25) is 0 Å². The molecule has 0 aromatic heterocycles. The molecule has 0 aliphatic heterocycles. The van der Waals surface area contributed by atoms with Crippen LogP contribution in [0.4, 0.5) is 0 Å².